The van der Waals surface area contributed by atoms with Crippen molar-refractivity contribution < 1.29 is 22.4 Å². The van der Waals surface area contributed by atoms with Gasteiger partial charge in [0, 0.05) is 35.5 Å². The van der Waals surface area contributed by atoms with Crippen LogP contribution >= 0.6 is 11.6 Å². The summed E-state index contributed by atoms with van der Waals surface area (Å²) in [4.78, 5) is 20.3. The molecule has 0 spiro atoms. The molecule has 0 aliphatic carbocycles. The van der Waals surface area contributed by atoms with Crippen LogP contribution in [0.15, 0.2) is 36.5 Å². The number of nitrogens with zero attached hydrogens (tertiary/aromatic N) is 2. The van der Waals surface area contributed by atoms with Crippen molar-refractivity contribution in [3.05, 3.63) is 53.2 Å². The van der Waals surface area contributed by atoms with Gasteiger partial charge in [-0.2, -0.15) is 13.2 Å². The molecular formula is C19H15ClF4N4O. The van der Waals surface area contributed by atoms with Gasteiger partial charge in [-0.3, -0.25) is 4.98 Å². The number of amides is 2. The largest absolute Gasteiger partial charge is 0.390 e. The number of aryl methyl sites for hydroxylation is 1. The highest BCUT2D eigenvalue weighted by Gasteiger charge is 2.26. The monoisotopic (exact) mass is 426 g/mol. The molecule has 0 saturated heterocycles. The van der Waals surface area contributed by atoms with E-state index in [2.05, 4.69) is 15.3 Å². The Bertz CT molecular complexity index is 1070. The number of pyridine rings is 2. The Hall–Kier alpha value is -2.94. The SMILES string of the molecule is Cc1nc2cc(Cl)ncc2cc1-c1ccc(F)c(NC(=O)NCCC(F)(F)F)c1. The first kappa shape index (κ1) is 20.8. The first-order chi connectivity index (χ1) is 13.6. The van der Waals surface area contributed by atoms with E-state index in [4.69, 9.17) is 11.6 Å². The summed E-state index contributed by atoms with van der Waals surface area (Å²) in [6, 6.07) is 6.55. The summed E-state index contributed by atoms with van der Waals surface area (Å²) in [7, 11) is 0. The maximum atomic E-state index is 14.1. The fraction of sp³-hybridized carbons (Fsp3) is 0.211. The average Bonchev–Trinajstić information content (AvgIpc) is 2.62. The van der Waals surface area contributed by atoms with Crippen LogP contribution in [0.4, 0.5) is 28.0 Å². The van der Waals surface area contributed by atoms with Gasteiger partial charge in [-0.25, -0.2) is 14.2 Å². The summed E-state index contributed by atoms with van der Waals surface area (Å²) < 4.78 is 50.6. The molecule has 2 N–H and O–H groups in total. The van der Waals surface area contributed by atoms with Crippen LogP contribution < -0.4 is 10.6 Å². The summed E-state index contributed by atoms with van der Waals surface area (Å²) in [6.45, 7) is 1.16. The van der Waals surface area contributed by atoms with E-state index in [0.717, 1.165) is 11.5 Å². The number of hydrogen-bond acceptors (Lipinski definition) is 3. The molecule has 5 nitrogen and oxygen atoms in total. The van der Waals surface area contributed by atoms with Gasteiger partial charge in [0.2, 0.25) is 0 Å². The predicted molar refractivity (Wildman–Crippen MR) is 102 cm³/mol. The number of fused-ring (bicyclic) bond motifs is 1. The smallest absolute Gasteiger partial charge is 0.338 e. The molecule has 0 aliphatic heterocycles. The van der Waals surface area contributed by atoms with Gasteiger partial charge < -0.3 is 10.6 Å². The van der Waals surface area contributed by atoms with Crippen LogP contribution in [0.3, 0.4) is 0 Å². The van der Waals surface area contributed by atoms with Gasteiger partial charge in [-0.1, -0.05) is 17.7 Å². The van der Waals surface area contributed by atoms with Crippen LogP contribution in [0, 0.1) is 12.7 Å². The normalized spacial score (nSPS) is 11.5. The molecule has 0 atom stereocenters. The molecule has 2 amide bonds. The molecule has 0 fully saturated rings. The molecule has 0 saturated carbocycles. The van der Waals surface area contributed by atoms with Crippen molar-refractivity contribution in [3.8, 4) is 11.1 Å². The Morgan fingerprint density at radius 2 is 1.97 bits per heavy atom. The molecule has 2 aromatic heterocycles. The number of alkyl halides is 3. The van der Waals surface area contributed by atoms with Gasteiger partial charge in [0.05, 0.1) is 17.6 Å². The molecule has 2 heterocycles. The third kappa shape index (κ3) is 5.32. The molecular weight excluding hydrogens is 412 g/mol. The minimum Gasteiger partial charge on any atom is -0.338 e. The quantitative estimate of drug-likeness (QED) is 0.429. The maximum Gasteiger partial charge on any atom is 0.390 e. The van der Waals surface area contributed by atoms with Crippen LogP contribution in [0.5, 0.6) is 0 Å². The highest BCUT2D eigenvalue weighted by molar-refractivity contribution is 6.30. The number of benzene rings is 1. The highest BCUT2D eigenvalue weighted by Crippen LogP contribution is 2.30. The van der Waals surface area contributed by atoms with Gasteiger partial charge in [0.15, 0.2) is 0 Å². The summed E-state index contributed by atoms with van der Waals surface area (Å²) in [5.41, 5.74) is 2.38. The Labute approximate surface area is 168 Å². The molecule has 0 aliphatic rings. The van der Waals surface area contributed by atoms with Crippen LogP contribution in [-0.2, 0) is 0 Å². The third-order valence-corrected chi connectivity index (χ3v) is 4.28. The predicted octanol–water partition coefficient (Wildman–Crippen LogP) is 5.47. The van der Waals surface area contributed by atoms with E-state index >= 15 is 0 Å². The van der Waals surface area contributed by atoms with Crippen molar-refractivity contribution in [2.75, 3.05) is 11.9 Å². The molecule has 152 valence electrons. The van der Waals surface area contributed by atoms with Gasteiger partial charge in [-0.15, -0.1) is 0 Å². The Morgan fingerprint density at radius 1 is 1.21 bits per heavy atom. The molecule has 0 bridgehead atoms. The van der Waals surface area contributed by atoms with E-state index in [1.54, 1.807) is 25.3 Å². The number of halogens is 5. The second kappa shape index (κ2) is 8.20. The molecule has 29 heavy (non-hydrogen) atoms. The lowest BCUT2D eigenvalue weighted by molar-refractivity contribution is -0.132. The zero-order valence-electron chi connectivity index (χ0n) is 15.1. The lowest BCUT2D eigenvalue weighted by atomic mass is 10.0. The van der Waals surface area contributed by atoms with Gasteiger partial charge >= 0.3 is 12.2 Å². The van der Waals surface area contributed by atoms with E-state index < -0.39 is 31.0 Å². The van der Waals surface area contributed by atoms with Crippen LogP contribution in [0.1, 0.15) is 12.1 Å². The van der Waals surface area contributed by atoms with Gasteiger partial charge in [0.1, 0.15) is 11.0 Å². The lowest BCUT2D eigenvalue weighted by Gasteiger charge is -2.12. The molecule has 1 aromatic carbocycles. The Morgan fingerprint density at radius 3 is 2.69 bits per heavy atom. The fourth-order valence-corrected chi connectivity index (χ4v) is 2.86. The van der Waals surface area contributed by atoms with E-state index in [1.165, 1.54) is 12.1 Å². The number of carbonyl (C=O) groups excluding carboxylic acids is 1. The van der Waals surface area contributed by atoms with Crippen LogP contribution in [-0.4, -0.2) is 28.7 Å². The molecule has 0 radical (unpaired) electrons. The summed E-state index contributed by atoms with van der Waals surface area (Å²) in [5.74, 6) is -0.723. The van der Waals surface area contributed by atoms with E-state index in [0.29, 0.717) is 27.5 Å². The minimum absolute atomic E-state index is 0.166. The topological polar surface area (TPSA) is 66.9 Å². The zero-order chi connectivity index (χ0) is 21.2. The number of rotatable bonds is 4. The molecule has 3 rings (SSSR count). The lowest BCUT2D eigenvalue weighted by Crippen LogP contribution is -2.32. The molecule has 3 aromatic rings. The molecule has 0 unspecified atom stereocenters. The number of hydrogen-bond donors (Lipinski definition) is 2. The highest BCUT2D eigenvalue weighted by atomic mass is 35.5. The fourth-order valence-electron chi connectivity index (χ4n) is 2.70. The summed E-state index contributed by atoms with van der Waals surface area (Å²) in [6.07, 6.45) is -4.01. The second-order valence-electron chi connectivity index (χ2n) is 6.26. The Kier molecular flexibility index (Phi) is 5.88. The number of aromatic nitrogens is 2. The van der Waals surface area contributed by atoms with Gasteiger partial charge in [0.25, 0.3) is 0 Å². The van der Waals surface area contributed by atoms with Crippen molar-refractivity contribution in [1.82, 2.24) is 15.3 Å². The van der Waals surface area contributed by atoms with E-state index in [-0.39, 0.29) is 5.69 Å². The van der Waals surface area contributed by atoms with E-state index in [1.807, 2.05) is 5.32 Å². The van der Waals surface area contributed by atoms with Crippen molar-refractivity contribution in [2.24, 2.45) is 0 Å². The third-order valence-electron chi connectivity index (χ3n) is 4.08. The first-order valence-corrected chi connectivity index (χ1v) is 8.84. The summed E-state index contributed by atoms with van der Waals surface area (Å²) >= 11 is 5.87. The molecule has 10 heteroatoms. The maximum absolute atomic E-state index is 14.1. The second-order valence-corrected chi connectivity index (χ2v) is 6.65. The van der Waals surface area contributed by atoms with Crippen LogP contribution in [0.2, 0.25) is 5.15 Å². The van der Waals surface area contributed by atoms with Crippen molar-refractivity contribution >= 4 is 34.2 Å². The number of urea groups is 1. The standard InChI is InChI=1S/C19H15ClF4N4O/c1-10-13(6-12-9-26-17(20)8-15(12)27-10)11-2-3-14(21)16(7-11)28-18(29)25-5-4-19(22,23)24/h2-3,6-9H,4-5H2,1H3,(H2,25,28,29). The van der Waals surface area contributed by atoms with Crippen molar-refractivity contribution in [2.45, 2.75) is 19.5 Å². The zero-order valence-corrected chi connectivity index (χ0v) is 15.8. The first-order valence-electron chi connectivity index (χ1n) is 8.47. The minimum atomic E-state index is -4.39. The number of carbonyl (C=O) groups is 1. The van der Waals surface area contributed by atoms with Crippen molar-refractivity contribution in [3.63, 3.8) is 0 Å². The van der Waals surface area contributed by atoms with Gasteiger partial charge in [-0.05, 0) is 30.7 Å². The van der Waals surface area contributed by atoms with Crippen LogP contribution in [0.25, 0.3) is 22.0 Å². The number of anilines is 1. The Balaban J connectivity index is 1.83. The van der Waals surface area contributed by atoms with E-state index in [9.17, 15) is 22.4 Å². The van der Waals surface area contributed by atoms with Crippen molar-refractivity contribution in [1.29, 1.82) is 0 Å². The summed E-state index contributed by atoms with van der Waals surface area (Å²) in [5, 5.41) is 5.30. The average molecular weight is 427 g/mol. The number of nitrogens with one attached hydrogen (secondary N) is 2.